The lowest BCUT2D eigenvalue weighted by atomic mass is 10.1. The van der Waals surface area contributed by atoms with Crippen LogP contribution in [0.1, 0.15) is 12.5 Å². The molecule has 0 unspecified atom stereocenters. The van der Waals surface area contributed by atoms with Crippen molar-refractivity contribution in [3.8, 4) is 11.4 Å². The van der Waals surface area contributed by atoms with Crippen molar-refractivity contribution >= 4 is 16.6 Å². The normalized spacial score (nSPS) is 11.7. The molecule has 0 atom stereocenters. The van der Waals surface area contributed by atoms with Crippen molar-refractivity contribution in [3.63, 3.8) is 0 Å². The van der Waals surface area contributed by atoms with Crippen LogP contribution in [0.4, 0.5) is 0 Å². The standard InChI is InChI=1S/C22H17N3O/c1-16(17-10-4-2-5-11-17)24-25-21(18-12-6-3-7-13-18)23-20-15-9-8-14-19(20)22(25)26/h2-15H,1H3/b24-16+. The highest BCUT2D eigenvalue weighted by Gasteiger charge is 2.12. The summed E-state index contributed by atoms with van der Waals surface area (Å²) in [6.07, 6.45) is 0. The Balaban J connectivity index is 2.01. The maximum absolute atomic E-state index is 13.1. The first-order valence-electron chi connectivity index (χ1n) is 8.42. The maximum atomic E-state index is 13.1. The summed E-state index contributed by atoms with van der Waals surface area (Å²) in [4.78, 5) is 17.8. The van der Waals surface area contributed by atoms with Crippen LogP contribution in [-0.4, -0.2) is 15.4 Å². The maximum Gasteiger partial charge on any atom is 0.282 e. The molecule has 0 fully saturated rings. The van der Waals surface area contributed by atoms with Crippen molar-refractivity contribution in [2.75, 3.05) is 0 Å². The van der Waals surface area contributed by atoms with Gasteiger partial charge in [0.05, 0.1) is 16.6 Å². The van der Waals surface area contributed by atoms with Crippen molar-refractivity contribution < 1.29 is 0 Å². The number of rotatable bonds is 3. The first-order valence-corrected chi connectivity index (χ1v) is 8.42. The molecule has 0 saturated carbocycles. The Morgan fingerprint density at radius 2 is 1.46 bits per heavy atom. The van der Waals surface area contributed by atoms with Gasteiger partial charge in [0.25, 0.3) is 5.56 Å². The molecule has 1 aromatic heterocycles. The van der Waals surface area contributed by atoms with Gasteiger partial charge in [0.2, 0.25) is 0 Å². The molecular weight excluding hydrogens is 322 g/mol. The summed E-state index contributed by atoms with van der Waals surface area (Å²) in [5.41, 5.74) is 3.05. The van der Waals surface area contributed by atoms with Gasteiger partial charge in [0.15, 0.2) is 5.82 Å². The van der Waals surface area contributed by atoms with E-state index >= 15 is 0 Å². The number of para-hydroxylation sites is 1. The second-order valence-electron chi connectivity index (χ2n) is 5.99. The quantitative estimate of drug-likeness (QED) is 0.521. The average Bonchev–Trinajstić information content (AvgIpc) is 2.71. The predicted octanol–water partition coefficient (Wildman–Crippen LogP) is 4.34. The average molecular weight is 339 g/mol. The molecular formula is C22H17N3O. The number of hydrogen-bond acceptors (Lipinski definition) is 3. The zero-order valence-electron chi connectivity index (χ0n) is 14.3. The predicted molar refractivity (Wildman–Crippen MR) is 105 cm³/mol. The first-order chi connectivity index (χ1) is 12.7. The van der Waals surface area contributed by atoms with Gasteiger partial charge < -0.3 is 0 Å². The van der Waals surface area contributed by atoms with E-state index in [0.717, 1.165) is 16.8 Å². The minimum absolute atomic E-state index is 0.176. The molecule has 4 aromatic rings. The topological polar surface area (TPSA) is 47.2 Å². The van der Waals surface area contributed by atoms with Crippen LogP contribution in [0.5, 0.6) is 0 Å². The van der Waals surface area contributed by atoms with E-state index in [4.69, 9.17) is 4.98 Å². The lowest BCUT2D eigenvalue weighted by molar-refractivity contribution is 0.824. The van der Waals surface area contributed by atoms with Gasteiger partial charge in [-0.15, -0.1) is 0 Å². The molecule has 0 bridgehead atoms. The number of nitrogens with zero attached hydrogens (tertiary/aromatic N) is 3. The van der Waals surface area contributed by atoms with E-state index < -0.39 is 0 Å². The summed E-state index contributed by atoms with van der Waals surface area (Å²) in [5.74, 6) is 0.532. The van der Waals surface area contributed by atoms with E-state index in [1.165, 1.54) is 4.68 Å². The lowest BCUT2D eigenvalue weighted by Gasteiger charge is -2.11. The Kier molecular flexibility index (Phi) is 4.15. The summed E-state index contributed by atoms with van der Waals surface area (Å²) >= 11 is 0. The third-order valence-electron chi connectivity index (χ3n) is 4.23. The lowest BCUT2D eigenvalue weighted by Crippen LogP contribution is -2.21. The van der Waals surface area contributed by atoms with Gasteiger partial charge in [0, 0.05) is 5.56 Å². The third-order valence-corrected chi connectivity index (χ3v) is 4.23. The van der Waals surface area contributed by atoms with Gasteiger partial charge >= 0.3 is 0 Å². The van der Waals surface area contributed by atoms with Gasteiger partial charge in [0.1, 0.15) is 0 Å². The zero-order valence-corrected chi connectivity index (χ0v) is 14.3. The largest absolute Gasteiger partial charge is 0.282 e. The van der Waals surface area contributed by atoms with Crippen molar-refractivity contribution in [3.05, 3.63) is 101 Å². The summed E-state index contributed by atoms with van der Waals surface area (Å²) in [6, 6.07) is 26.8. The molecule has 0 aliphatic heterocycles. The number of aromatic nitrogens is 2. The van der Waals surface area contributed by atoms with E-state index in [1.807, 2.05) is 85.8 Å². The van der Waals surface area contributed by atoms with Crippen molar-refractivity contribution in [2.45, 2.75) is 6.92 Å². The molecule has 0 radical (unpaired) electrons. The fourth-order valence-corrected chi connectivity index (χ4v) is 2.88. The molecule has 0 aliphatic carbocycles. The van der Waals surface area contributed by atoms with Gasteiger partial charge in [-0.05, 0) is 24.6 Å². The SMILES string of the molecule is C/C(=N\n1c(-c2ccccc2)nc2ccccc2c1=O)c1ccccc1. The Morgan fingerprint density at radius 3 is 2.19 bits per heavy atom. The Morgan fingerprint density at radius 1 is 0.846 bits per heavy atom. The van der Waals surface area contributed by atoms with E-state index in [1.54, 1.807) is 6.07 Å². The summed E-state index contributed by atoms with van der Waals surface area (Å²) in [5, 5.41) is 5.17. The third kappa shape index (κ3) is 2.93. The van der Waals surface area contributed by atoms with Crippen molar-refractivity contribution in [1.82, 2.24) is 9.66 Å². The zero-order chi connectivity index (χ0) is 17.9. The monoisotopic (exact) mass is 339 g/mol. The van der Waals surface area contributed by atoms with Crippen LogP contribution < -0.4 is 5.56 Å². The Hall–Kier alpha value is -3.53. The van der Waals surface area contributed by atoms with Gasteiger partial charge in [-0.3, -0.25) is 4.79 Å². The van der Waals surface area contributed by atoms with Gasteiger partial charge in [-0.2, -0.15) is 9.78 Å². The molecule has 1 heterocycles. The molecule has 0 spiro atoms. The van der Waals surface area contributed by atoms with E-state index in [2.05, 4.69) is 5.10 Å². The molecule has 4 heteroatoms. The molecule has 4 nitrogen and oxygen atoms in total. The van der Waals surface area contributed by atoms with Crippen LogP contribution >= 0.6 is 0 Å². The second-order valence-corrected chi connectivity index (χ2v) is 5.99. The molecule has 26 heavy (non-hydrogen) atoms. The fraction of sp³-hybridized carbons (Fsp3) is 0.0455. The number of benzene rings is 3. The van der Waals surface area contributed by atoms with Crippen LogP contribution in [0.3, 0.4) is 0 Å². The highest BCUT2D eigenvalue weighted by molar-refractivity contribution is 5.98. The van der Waals surface area contributed by atoms with Crippen LogP contribution in [0.2, 0.25) is 0 Å². The summed E-state index contributed by atoms with van der Waals surface area (Å²) in [7, 11) is 0. The molecule has 4 rings (SSSR count). The van der Waals surface area contributed by atoms with Crippen LogP contribution in [0.15, 0.2) is 94.8 Å². The van der Waals surface area contributed by atoms with E-state index in [-0.39, 0.29) is 5.56 Å². The molecule has 0 N–H and O–H groups in total. The Bertz CT molecular complexity index is 1150. The highest BCUT2D eigenvalue weighted by atomic mass is 16.1. The van der Waals surface area contributed by atoms with Crippen molar-refractivity contribution in [1.29, 1.82) is 0 Å². The highest BCUT2D eigenvalue weighted by Crippen LogP contribution is 2.19. The molecule has 0 aliphatic rings. The molecule has 3 aromatic carbocycles. The van der Waals surface area contributed by atoms with E-state index in [9.17, 15) is 4.79 Å². The fourth-order valence-electron chi connectivity index (χ4n) is 2.88. The van der Waals surface area contributed by atoms with E-state index in [0.29, 0.717) is 16.7 Å². The summed E-state index contributed by atoms with van der Waals surface area (Å²) < 4.78 is 1.40. The smallest absolute Gasteiger partial charge is 0.267 e. The second kappa shape index (κ2) is 6.76. The van der Waals surface area contributed by atoms with Crippen molar-refractivity contribution in [2.24, 2.45) is 5.10 Å². The molecule has 126 valence electrons. The minimum atomic E-state index is -0.176. The molecule has 0 saturated heterocycles. The molecule has 0 amide bonds. The first kappa shape index (κ1) is 16.0. The summed E-state index contributed by atoms with van der Waals surface area (Å²) in [6.45, 7) is 1.89. The van der Waals surface area contributed by atoms with Crippen LogP contribution in [0.25, 0.3) is 22.3 Å². The van der Waals surface area contributed by atoms with Gasteiger partial charge in [-0.1, -0.05) is 72.8 Å². The minimum Gasteiger partial charge on any atom is -0.267 e. The van der Waals surface area contributed by atoms with Crippen LogP contribution in [0, 0.1) is 0 Å². The number of fused-ring (bicyclic) bond motifs is 1. The van der Waals surface area contributed by atoms with Gasteiger partial charge in [-0.25, -0.2) is 4.98 Å². The van der Waals surface area contributed by atoms with Crippen LogP contribution in [-0.2, 0) is 0 Å². The number of hydrogen-bond donors (Lipinski definition) is 0. The Labute approximate surface area is 151 Å².